The minimum Gasteiger partial charge on any atom is -0.490 e. The SMILES string of the molecule is Cc1cc2nc3c(=O)[nH]c(=O)nc-3n(CCCNCc3ccccc3)c2cc1C.Cc1cc2nc3c(=O)[nH]c(=O)nc-3n(CCN(C)Cc3ccccc3C(F)(F)F)c2cc1C.Cc1cc2nc3c(=O)[nH]c(=O)nc-3n(CCNCc3cccc(Cl)c3)c2cc1OC1CCCC1. The Morgan fingerprint density at radius 2 is 1.01 bits per heavy atom. The van der Waals surface area contributed by atoms with Crippen molar-refractivity contribution >= 4 is 44.7 Å². The number of alkyl halides is 3. The molecule has 6 aliphatic heterocycles. The monoisotopic (exact) mass is 1330 g/mol. The van der Waals surface area contributed by atoms with Crippen LogP contribution in [0.3, 0.4) is 0 Å². The Labute approximate surface area is 552 Å². The van der Waals surface area contributed by atoms with Crippen molar-refractivity contribution in [3.05, 3.63) is 233 Å². The number of fused-ring (bicyclic) bond motifs is 6. The minimum absolute atomic E-state index is 0.0374. The van der Waals surface area contributed by atoms with Crippen LogP contribution in [-0.2, 0) is 45.4 Å². The van der Waals surface area contributed by atoms with Crippen LogP contribution in [0.1, 0.15) is 82.2 Å². The van der Waals surface area contributed by atoms with E-state index in [1.165, 1.54) is 30.5 Å². The van der Waals surface area contributed by atoms with Gasteiger partial charge in [-0.3, -0.25) is 29.3 Å². The Hall–Kier alpha value is -10.1. The summed E-state index contributed by atoms with van der Waals surface area (Å²) in [7, 11) is 1.72. The number of nitrogens with one attached hydrogen (secondary N) is 5. The highest BCUT2D eigenvalue weighted by atomic mass is 35.5. The molecule has 0 unspecified atom stereocenters. The first-order valence-electron chi connectivity index (χ1n) is 31.5. The summed E-state index contributed by atoms with van der Waals surface area (Å²) in [6.45, 7) is 14.5. The number of aromatic nitrogens is 12. The van der Waals surface area contributed by atoms with Gasteiger partial charge in [-0.1, -0.05) is 72.3 Å². The number of aryl methyl sites for hydroxylation is 6. The first-order valence-corrected chi connectivity index (χ1v) is 31.9. The second-order valence-electron chi connectivity index (χ2n) is 24.1. The van der Waals surface area contributed by atoms with Crippen LogP contribution in [-0.4, -0.2) is 96.2 Å². The number of H-pyrrole nitrogens is 3. The van der Waals surface area contributed by atoms with E-state index in [-0.39, 0.29) is 46.9 Å². The highest BCUT2D eigenvalue weighted by Gasteiger charge is 2.33. The molecular weight excluding hydrogens is 1260 g/mol. The van der Waals surface area contributed by atoms with E-state index in [1.807, 2.05) is 123 Å². The van der Waals surface area contributed by atoms with Gasteiger partial charge in [0.25, 0.3) is 16.7 Å². The number of aromatic amines is 3. The lowest BCUT2D eigenvalue weighted by Gasteiger charge is -2.23. The molecule has 13 rings (SSSR count). The number of hydrogen-bond acceptors (Lipinski definition) is 16. The van der Waals surface area contributed by atoms with Crippen molar-refractivity contribution in [1.29, 1.82) is 0 Å². The van der Waals surface area contributed by atoms with Crippen molar-refractivity contribution in [2.45, 2.75) is 118 Å². The summed E-state index contributed by atoms with van der Waals surface area (Å²) in [6, 6.07) is 35.0. The smallest absolute Gasteiger partial charge is 0.416 e. The molecule has 0 radical (unpaired) electrons. The van der Waals surface area contributed by atoms with Crippen molar-refractivity contribution in [3.8, 4) is 40.3 Å². The third-order valence-corrected chi connectivity index (χ3v) is 17.3. The van der Waals surface area contributed by atoms with Crippen LogP contribution >= 0.6 is 11.6 Å². The average Bonchev–Trinajstić information content (AvgIpc) is 0.776. The number of rotatable bonds is 18. The van der Waals surface area contributed by atoms with Crippen LogP contribution in [0.25, 0.3) is 67.7 Å². The highest BCUT2D eigenvalue weighted by Crippen LogP contribution is 2.34. The molecule has 0 aromatic heterocycles. The Kier molecular flexibility index (Phi) is 20.5. The van der Waals surface area contributed by atoms with Crippen LogP contribution in [0.15, 0.2) is 144 Å². The van der Waals surface area contributed by atoms with Crippen LogP contribution in [0, 0.1) is 34.6 Å². The number of hydrogen-bond donors (Lipinski definition) is 5. The summed E-state index contributed by atoms with van der Waals surface area (Å²) >= 11 is 6.08. The van der Waals surface area contributed by atoms with Crippen molar-refractivity contribution in [2.24, 2.45) is 0 Å². The predicted molar refractivity (Wildman–Crippen MR) is 363 cm³/mol. The average molecular weight is 1330 g/mol. The van der Waals surface area contributed by atoms with E-state index >= 15 is 0 Å². The summed E-state index contributed by atoms with van der Waals surface area (Å²) in [5.41, 5.74) is 7.86. The largest absolute Gasteiger partial charge is 0.490 e. The first kappa shape index (κ1) is 67.3. The zero-order chi connectivity index (χ0) is 67.9. The highest BCUT2D eigenvalue weighted by molar-refractivity contribution is 6.30. The zero-order valence-corrected chi connectivity index (χ0v) is 54.5. The molecule has 6 aromatic carbocycles. The lowest BCUT2D eigenvalue weighted by Crippen LogP contribution is -2.31. The van der Waals surface area contributed by atoms with E-state index in [9.17, 15) is 41.9 Å². The fourth-order valence-electron chi connectivity index (χ4n) is 11.9. The van der Waals surface area contributed by atoms with E-state index in [4.69, 9.17) is 16.3 Å². The quantitative estimate of drug-likeness (QED) is 0.0395. The molecule has 0 spiro atoms. The van der Waals surface area contributed by atoms with E-state index in [1.54, 1.807) is 22.6 Å². The van der Waals surface area contributed by atoms with E-state index in [2.05, 4.69) is 67.6 Å². The molecule has 496 valence electrons. The predicted octanol–water partition coefficient (Wildman–Crippen LogP) is 9.39. The lowest BCUT2D eigenvalue weighted by atomic mass is 10.1. The summed E-state index contributed by atoms with van der Waals surface area (Å²) in [4.78, 5) is 107. The summed E-state index contributed by atoms with van der Waals surface area (Å²) < 4.78 is 51.9. The molecular formula is C70H71ClF3N15O7. The Balaban J connectivity index is 0.000000147. The van der Waals surface area contributed by atoms with Gasteiger partial charge in [-0.15, -0.1) is 0 Å². The third kappa shape index (κ3) is 15.7. The molecule has 1 fully saturated rings. The maximum Gasteiger partial charge on any atom is 0.416 e. The fourth-order valence-corrected chi connectivity index (χ4v) is 12.1. The van der Waals surface area contributed by atoms with Gasteiger partial charge in [-0.05, 0) is 173 Å². The van der Waals surface area contributed by atoms with Gasteiger partial charge in [-0.25, -0.2) is 29.3 Å². The van der Waals surface area contributed by atoms with Gasteiger partial charge in [0.05, 0.1) is 44.8 Å². The molecule has 1 saturated carbocycles. The molecule has 0 amide bonds. The molecule has 0 bridgehead atoms. The molecule has 96 heavy (non-hydrogen) atoms. The molecule has 7 aliphatic rings. The van der Waals surface area contributed by atoms with Crippen LogP contribution in [0.2, 0.25) is 5.02 Å². The number of likely N-dealkylation sites (N-methyl/N-ethyl adjacent to an activating group) is 1. The lowest BCUT2D eigenvalue weighted by molar-refractivity contribution is -0.138. The molecule has 0 saturated heterocycles. The van der Waals surface area contributed by atoms with E-state index < -0.39 is 45.5 Å². The fraction of sp³-hybridized carbons (Fsp3) is 0.314. The molecule has 26 heteroatoms. The Bertz CT molecular complexity index is 5100. The van der Waals surface area contributed by atoms with Crippen LogP contribution in [0.4, 0.5) is 13.2 Å². The topological polar surface area (TPSA) is 278 Å². The van der Waals surface area contributed by atoms with Crippen LogP contribution < -0.4 is 49.1 Å². The summed E-state index contributed by atoms with van der Waals surface area (Å²) in [5, 5.41) is 7.52. The van der Waals surface area contributed by atoms with E-state index in [0.29, 0.717) is 66.7 Å². The van der Waals surface area contributed by atoms with Crippen LogP contribution in [0.5, 0.6) is 5.75 Å². The minimum atomic E-state index is -4.44. The van der Waals surface area contributed by atoms with E-state index in [0.717, 1.165) is 94.1 Å². The molecule has 1 aliphatic carbocycles. The first-order chi connectivity index (χ1) is 46.0. The second kappa shape index (κ2) is 29.3. The summed E-state index contributed by atoms with van der Waals surface area (Å²) in [5.74, 6) is 1.54. The number of nitrogens with zero attached hydrogens (tertiary/aromatic N) is 10. The van der Waals surface area contributed by atoms with Gasteiger partial charge < -0.3 is 34.0 Å². The Morgan fingerprint density at radius 3 is 1.56 bits per heavy atom. The van der Waals surface area contributed by atoms with Crippen molar-refractivity contribution < 1.29 is 17.9 Å². The van der Waals surface area contributed by atoms with Gasteiger partial charge in [0.15, 0.2) is 34.6 Å². The third-order valence-electron chi connectivity index (χ3n) is 17.1. The van der Waals surface area contributed by atoms with Crippen molar-refractivity contribution in [2.75, 3.05) is 26.7 Å². The molecule has 0 atom stereocenters. The second-order valence-corrected chi connectivity index (χ2v) is 24.6. The van der Waals surface area contributed by atoms with Gasteiger partial charge in [0, 0.05) is 63.4 Å². The summed E-state index contributed by atoms with van der Waals surface area (Å²) in [6.07, 6.45) is 1.07. The number of ether oxygens (including phenoxy) is 1. The normalized spacial score (nSPS) is 12.7. The maximum atomic E-state index is 13.3. The van der Waals surface area contributed by atoms with Gasteiger partial charge in [0.1, 0.15) is 5.75 Å². The van der Waals surface area contributed by atoms with Crippen molar-refractivity contribution in [1.82, 2.24) is 74.1 Å². The number of benzene rings is 6. The standard InChI is InChI=1S/C25H26ClN5O3.C23H22F3N5O2.C22H23N5O2/c1-15-11-19-20(13-21(15)34-18-7-2-3-8-18)31(23-22(28-19)24(32)30-25(33)29-23)10-9-27-14-16-5-4-6-17(26)12-16;1-13-10-17-18(11-14(13)2)31(20-19(27-17)21(32)29-22(33)28-20)9-8-30(3)12-15-6-4-5-7-16(15)23(24,25)26;1-14-11-17-18(12-15(14)2)27(20-19(24-17)21(28)26-22(29)25-20)10-6-9-23-13-16-7-4-3-5-8-16/h4-6,11-13,18,27H,2-3,7-10,14H2,1H3,(H,30,32,33);4-7,10-11H,8-9,12H2,1-3H3,(H,29,32,33);3-5,7-8,11-12,23H,6,9-10,13H2,1-2H3,(H,26,28,29). The molecule has 6 heterocycles. The Morgan fingerprint density at radius 1 is 0.542 bits per heavy atom. The van der Waals surface area contributed by atoms with Gasteiger partial charge in [0.2, 0.25) is 0 Å². The zero-order valence-electron chi connectivity index (χ0n) is 53.8. The number of halogens is 4. The van der Waals surface area contributed by atoms with Gasteiger partial charge >= 0.3 is 23.2 Å². The molecule has 6 aromatic rings. The molecule has 22 nitrogen and oxygen atoms in total. The molecule has 5 N–H and O–H groups in total. The van der Waals surface area contributed by atoms with Gasteiger partial charge in [-0.2, -0.15) is 28.1 Å². The van der Waals surface area contributed by atoms with Crippen molar-refractivity contribution in [3.63, 3.8) is 0 Å². The maximum absolute atomic E-state index is 13.3.